The first-order valence-electron chi connectivity index (χ1n) is 3.02. The molecular weight excluding hydrogens is 176 g/mol. The molecule has 0 aliphatic heterocycles. The van der Waals surface area contributed by atoms with Crippen LogP contribution in [0.15, 0.2) is 17.2 Å². The molecule has 61 valence electrons. The molecule has 0 bridgehead atoms. The fourth-order valence-corrected chi connectivity index (χ4v) is 1.19. The van der Waals surface area contributed by atoms with E-state index in [1.807, 2.05) is 0 Å². The molecule has 4 nitrogen and oxygen atoms in total. The van der Waals surface area contributed by atoms with E-state index in [-0.39, 0.29) is 10.5 Å². The maximum atomic E-state index is 10.9. The van der Waals surface area contributed by atoms with Gasteiger partial charge in [0, 0.05) is 12.5 Å². The Labute approximate surface area is 70.4 Å². The zero-order valence-corrected chi connectivity index (χ0v) is 7.09. The average Bonchev–Trinajstić information content (AvgIpc) is 2.03. The lowest BCUT2D eigenvalue weighted by Gasteiger charge is -1.94. The summed E-state index contributed by atoms with van der Waals surface area (Å²) in [5, 5.41) is 8.43. The highest BCUT2D eigenvalue weighted by Gasteiger charge is 2.07. The van der Waals surface area contributed by atoms with Gasteiger partial charge in [-0.1, -0.05) is 0 Å². The Morgan fingerprint density at radius 2 is 2.33 bits per heavy atom. The van der Waals surface area contributed by atoms with Gasteiger partial charge in [-0.3, -0.25) is 4.98 Å². The fourth-order valence-electron chi connectivity index (χ4n) is 0.627. The van der Waals surface area contributed by atoms with Gasteiger partial charge in [0.1, 0.15) is 12.3 Å². The van der Waals surface area contributed by atoms with Gasteiger partial charge in [0.05, 0.1) is 10.5 Å². The summed E-state index contributed by atoms with van der Waals surface area (Å²) in [4.78, 5) is 3.44. The monoisotopic (exact) mass is 181 g/mol. The van der Waals surface area contributed by atoms with Gasteiger partial charge in [-0.2, -0.15) is 5.26 Å². The van der Waals surface area contributed by atoms with Gasteiger partial charge in [-0.15, -0.1) is 0 Å². The van der Waals surface area contributed by atoms with Crippen molar-refractivity contribution >= 4 is 9.84 Å². The van der Waals surface area contributed by atoms with Crippen molar-refractivity contribution in [3.63, 3.8) is 0 Å². The summed E-state index contributed by atoms with van der Waals surface area (Å²) in [6.45, 7) is 0. The molecule has 1 heterocycles. The predicted molar refractivity (Wildman–Crippen MR) is 40.9 cm³/mol. The maximum Gasteiger partial charge on any atom is 0.177 e. The van der Waals surface area contributed by atoms with Gasteiger partial charge < -0.3 is 0 Å². The summed E-state index contributed by atoms with van der Waals surface area (Å²) in [6.07, 6.45) is 4.60. The minimum Gasteiger partial charge on any atom is -0.252 e. The summed E-state index contributed by atoms with van der Waals surface area (Å²) < 4.78 is 21.8. The number of sulfone groups is 1. The molecule has 0 atom stereocenters. The lowest BCUT2D eigenvalue weighted by molar-refractivity contribution is 0.601. The summed E-state index contributed by atoms with van der Waals surface area (Å²) in [5.41, 5.74) is 0.217. The molecule has 5 heteroatoms. The van der Waals surface area contributed by atoms with Crippen molar-refractivity contribution in [2.75, 3.05) is 6.26 Å². The lowest BCUT2D eigenvalue weighted by Crippen LogP contribution is -1.98. The van der Waals surface area contributed by atoms with E-state index in [0.29, 0.717) is 0 Å². The van der Waals surface area contributed by atoms with Gasteiger partial charge in [0.2, 0.25) is 0 Å². The second-order valence-corrected chi connectivity index (χ2v) is 4.20. The van der Waals surface area contributed by atoms with Crippen molar-refractivity contribution in [3.05, 3.63) is 24.0 Å². The molecule has 1 aromatic rings. The first kappa shape index (κ1) is 8.68. The van der Waals surface area contributed by atoms with E-state index in [4.69, 9.17) is 5.26 Å². The van der Waals surface area contributed by atoms with E-state index in [9.17, 15) is 8.42 Å². The zero-order valence-electron chi connectivity index (χ0n) is 6.27. The van der Waals surface area contributed by atoms with Crippen LogP contribution in [0.3, 0.4) is 0 Å². The van der Waals surface area contributed by atoms with Crippen LogP contribution in [0.25, 0.3) is 0 Å². The molecule has 0 unspecified atom stereocenters. The fraction of sp³-hybridized carbons (Fsp3) is 0.143. The molecular formula is C7H5N2O2S. The third-order valence-corrected chi connectivity index (χ3v) is 2.20. The number of nitrogens with zero attached hydrogens (tertiary/aromatic N) is 2. The predicted octanol–water partition coefficient (Wildman–Crippen LogP) is 0.157. The van der Waals surface area contributed by atoms with E-state index in [2.05, 4.69) is 11.2 Å². The molecule has 0 aromatic carbocycles. The molecule has 0 N–H and O–H groups in total. The van der Waals surface area contributed by atoms with Crippen molar-refractivity contribution < 1.29 is 8.42 Å². The van der Waals surface area contributed by atoms with Crippen molar-refractivity contribution in [2.45, 2.75) is 4.90 Å². The molecule has 1 radical (unpaired) electrons. The molecule has 0 saturated heterocycles. The molecule has 1 aromatic heterocycles. The minimum atomic E-state index is -3.30. The highest BCUT2D eigenvalue weighted by molar-refractivity contribution is 7.90. The van der Waals surface area contributed by atoms with Crippen LogP contribution < -0.4 is 0 Å². The van der Waals surface area contributed by atoms with Crippen LogP contribution in [0.5, 0.6) is 0 Å². The van der Waals surface area contributed by atoms with E-state index in [1.54, 1.807) is 6.07 Å². The molecule has 0 fully saturated rings. The second kappa shape index (κ2) is 2.91. The molecule has 0 spiro atoms. The molecule has 0 aliphatic carbocycles. The van der Waals surface area contributed by atoms with Crippen molar-refractivity contribution in [1.29, 1.82) is 5.26 Å². The zero-order chi connectivity index (χ0) is 9.19. The van der Waals surface area contributed by atoms with E-state index >= 15 is 0 Å². The van der Waals surface area contributed by atoms with Crippen LogP contribution in [-0.2, 0) is 9.84 Å². The lowest BCUT2D eigenvalue weighted by atomic mass is 10.3. The number of pyridine rings is 1. The van der Waals surface area contributed by atoms with Gasteiger partial charge in [-0.05, 0) is 6.07 Å². The van der Waals surface area contributed by atoms with Crippen LogP contribution in [0, 0.1) is 17.5 Å². The quantitative estimate of drug-likeness (QED) is 0.618. The Hall–Kier alpha value is -1.41. The second-order valence-electron chi connectivity index (χ2n) is 2.22. The van der Waals surface area contributed by atoms with Crippen molar-refractivity contribution in [3.8, 4) is 6.07 Å². The van der Waals surface area contributed by atoms with Crippen molar-refractivity contribution in [1.82, 2.24) is 4.98 Å². The van der Waals surface area contributed by atoms with Gasteiger partial charge >= 0.3 is 0 Å². The van der Waals surface area contributed by atoms with Crippen LogP contribution >= 0.6 is 0 Å². The number of hydrogen-bond donors (Lipinski definition) is 0. The highest BCUT2D eigenvalue weighted by Crippen LogP contribution is 2.07. The summed E-state index contributed by atoms with van der Waals surface area (Å²) in [5.74, 6) is 0. The van der Waals surface area contributed by atoms with Crippen LogP contribution in [0.4, 0.5) is 0 Å². The first-order valence-corrected chi connectivity index (χ1v) is 4.91. The highest BCUT2D eigenvalue weighted by atomic mass is 32.2. The normalized spacial score (nSPS) is 10.7. The summed E-state index contributed by atoms with van der Waals surface area (Å²) >= 11 is 0. The third-order valence-electron chi connectivity index (χ3n) is 1.19. The van der Waals surface area contributed by atoms with E-state index in [1.165, 1.54) is 12.3 Å². The van der Waals surface area contributed by atoms with E-state index in [0.717, 1.165) is 6.26 Å². The Balaban J connectivity index is 3.32. The van der Waals surface area contributed by atoms with Gasteiger partial charge in [0.15, 0.2) is 9.84 Å². The Morgan fingerprint density at radius 3 is 2.83 bits per heavy atom. The Kier molecular flexibility index (Phi) is 2.11. The number of rotatable bonds is 1. The van der Waals surface area contributed by atoms with Crippen LogP contribution in [0.2, 0.25) is 0 Å². The smallest absolute Gasteiger partial charge is 0.177 e. The standard InChI is InChI=1S/C7H5N2O2S/c1-12(10,11)7-2-6(3-8)4-9-5-7/h2,4H,1H3. The molecule has 0 amide bonds. The largest absolute Gasteiger partial charge is 0.252 e. The number of hydrogen-bond acceptors (Lipinski definition) is 4. The van der Waals surface area contributed by atoms with Crippen LogP contribution in [-0.4, -0.2) is 19.7 Å². The number of aromatic nitrogens is 1. The van der Waals surface area contributed by atoms with E-state index < -0.39 is 9.84 Å². The molecule has 0 aliphatic rings. The topological polar surface area (TPSA) is 70.8 Å². The number of nitriles is 1. The van der Waals surface area contributed by atoms with Gasteiger partial charge in [-0.25, -0.2) is 8.42 Å². The first-order chi connectivity index (χ1) is 5.54. The molecule has 1 rings (SSSR count). The maximum absolute atomic E-state index is 10.9. The minimum absolute atomic E-state index is 0.0541. The summed E-state index contributed by atoms with van der Waals surface area (Å²) in [7, 11) is -3.30. The average molecular weight is 181 g/mol. The summed E-state index contributed by atoms with van der Waals surface area (Å²) in [6, 6.07) is 3.03. The SMILES string of the molecule is CS(=O)(=O)c1[c]ncc(C#N)c1. The Bertz CT molecular complexity index is 431. The Morgan fingerprint density at radius 1 is 1.67 bits per heavy atom. The van der Waals surface area contributed by atoms with Crippen LogP contribution in [0.1, 0.15) is 5.56 Å². The molecule has 12 heavy (non-hydrogen) atoms. The van der Waals surface area contributed by atoms with Gasteiger partial charge in [0.25, 0.3) is 0 Å². The van der Waals surface area contributed by atoms with Crippen molar-refractivity contribution in [2.24, 2.45) is 0 Å². The third kappa shape index (κ3) is 1.80. The molecule has 0 saturated carbocycles.